The Hall–Kier alpha value is -2.90. The first-order valence-electron chi connectivity index (χ1n) is 8.14. The van der Waals surface area contributed by atoms with Gasteiger partial charge in [-0.3, -0.25) is 9.59 Å². The van der Waals surface area contributed by atoms with Crippen molar-refractivity contribution in [2.24, 2.45) is 11.7 Å². The second-order valence-corrected chi connectivity index (χ2v) is 6.35. The maximum atomic E-state index is 12.6. The fourth-order valence-corrected chi connectivity index (χ4v) is 2.88. The molecule has 0 aromatic carbocycles. The Kier molecular flexibility index (Phi) is 5.74. The highest BCUT2D eigenvalue weighted by atomic mass is 16.2. The van der Waals surface area contributed by atoms with Crippen LogP contribution in [0.2, 0.25) is 0 Å². The number of nitrogens with two attached hydrogens (primary N) is 2. The summed E-state index contributed by atoms with van der Waals surface area (Å²) >= 11 is 0. The fraction of sp³-hybridized carbons (Fsp3) is 0.412. The molecule has 1 aromatic heterocycles. The molecule has 1 unspecified atom stereocenters. The molecule has 2 rings (SSSR count). The normalized spacial score (nSPS) is 20.5. The van der Waals surface area contributed by atoms with E-state index in [1.54, 1.807) is 13.0 Å². The molecule has 0 aliphatic carbocycles. The van der Waals surface area contributed by atoms with Gasteiger partial charge in [0, 0.05) is 6.54 Å². The zero-order chi connectivity index (χ0) is 18.6. The summed E-state index contributed by atoms with van der Waals surface area (Å²) in [7, 11) is 0. The van der Waals surface area contributed by atoms with E-state index in [1.807, 2.05) is 6.92 Å². The average molecular weight is 344 g/mol. The highest BCUT2D eigenvalue weighted by molar-refractivity contribution is 6.40. The van der Waals surface area contributed by atoms with Gasteiger partial charge in [0.25, 0.3) is 0 Å². The lowest BCUT2D eigenvalue weighted by molar-refractivity contribution is -0.145. The first-order valence-corrected chi connectivity index (χ1v) is 8.14. The predicted octanol–water partition coefficient (Wildman–Crippen LogP) is 1.03. The summed E-state index contributed by atoms with van der Waals surface area (Å²) in [5.41, 5.74) is 12.3. The van der Waals surface area contributed by atoms with Crippen molar-refractivity contribution >= 4 is 29.0 Å². The van der Waals surface area contributed by atoms with Crippen LogP contribution >= 0.6 is 0 Å². The van der Waals surface area contributed by atoms with Crippen molar-refractivity contribution in [1.29, 1.82) is 5.41 Å². The van der Waals surface area contributed by atoms with Gasteiger partial charge in [-0.15, -0.1) is 0 Å². The lowest BCUT2D eigenvalue weighted by Gasteiger charge is -2.37. The molecule has 1 fully saturated rings. The van der Waals surface area contributed by atoms with Crippen molar-refractivity contribution in [2.75, 3.05) is 17.6 Å². The van der Waals surface area contributed by atoms with Crippen molar-refractivity contribution in [3.63, 3.8) is 0 Å². The van der Waals surface area contributed by atoms with Crippen molar-refractivity contribution in [3.05, 3.63) is 30.1 Å². The molecule has 2 heterocycles. The number of pyridine rings is 1. The number of aromatic nitrogens is 1. The van der Waals surface area contributed by atoms with E-state index in [0.29, 0.717) is 30.0 Å². The summed E-state index contributed by atoms with van der Waals surface area (Å²) in [6.07, 6.45) is 5.64. The Balaban J connectivity index is 2.15. The predicted molar refractivity (Wildman–Crippen MR) is 97.0 cm³/mol. The molecule has 134 valence electrons. The monoisotopic (exact) mass is 344 g/mol. The minimum atomic E-state index is -0.755. The van der Waals surface area contributed by atoms with Crippen molar-refractivity contribution in [3.8, 4) is 0 Å². The van der Waals surface area contributed by atoms with Crippen LogP contribution in [-0.4, -0.2) is 40.0 Å². The third kappa shape index (κ3) is 4.34. The van der Waals surface area contributed by atoms with E-state index in [-0.39, 0.29) is 11.6 Å². The molecular weight excluding hydrogens is 320 g/mol. The van der Waals surface area contributed by atoms with Gasteiger partial charge in [0.15, 0.2) is 0 Å². The highest BCUT2D eigenvalue weighted by Crippen LogP contribution is 2.23. The lowest BCUT2D eigenvalue weighted by atomic mass is 9.91. The van der Waals surface area contributed by atoms with Crippen LogP contribution in [0.1, 0.15) is 25.3 Å². The van der Waals surface area contributed by atoms with Gasteiger partial charge in [-0.05, 0) is 49.6 Å². The third-order valence-corrected chi connectivity index (χ3v) is 4.28. The number of amides is 2. The van der Waals surface area contributed by atoms with Crippen LogP contribution in [0.4, 0.5) is 11.5 Å². The van der Waals surface area contributed by atoms with E-state index in [9.17, 15) is 9.59 Å². The van der Waals surface area contributed by atoms with Gasteiger partial charge in [-0.25, -0.2) is 4.98 Å². The van der Waals surface area contributed by atoms with E-state index < -0.39 is 17.9 Å². The lowest BCUT2D eigenvalue weighted by Crippen LogP contribution is -2.53. The van der Waals surface area contributed by atoms with Gasteiger partial charge in [0.2, 0.25) is 0 Å². The molecule has 0 radical (unpaired) electrons. The van der Waals surface area contributed by atoms with E-state index >= 15 is 0 Å². The van der Waals surface area contributed by atoms with Crippen LogP contribution < -0.4 is 16.8 Å². The number of piperidine rings is 1. The number of nitrogen functional groups attached to an aromatic ring is 1. The molecule has 8 nitrogen and oxygen atoms in total. The molecule has 8 heteroatoms. The smallest absolute Gasteiger partial charge is 0.313 e. The molecule has 1 aliphatic heterocycles. The molecule has 25 heavy (non-hydrogen) atoms. The number of nitrogens with one attached hydrogen (secondary N) is 2. The number of hydrogen-bond acceptors (Lipinski definition) is 6. The Bertz CT molecular complexity index is 715. The quantitative estimate of drug-likeness (QED) is 0.479. The summed E-state index contributed by atoms with van der Waals surface area (Å²) in [4.78, 5) is 30.4. The molecule has 2 amide bonds. The van der Waals surface area contributed by atoms with Crippen LogP contribution in [0.5, 0.6) is 0 Å². The average Bonchev–Trinajstić information content (AvgIpc) is 2.57. The summed E-state index contributed by atoms with van der Waals surface area (Å²) in [5.74, 6) is -0.782. The zero-order valence-corrected chi connectivity index (χ0v) is 14.5. The number of carbonyl (C=O) groups is 2. The number of likely N-dealkylation sites (tertiary alicyclic amines) is 1. The van der Waals surface area contributed by atoms with Crippen LogP contribution in [0.3, 0.4) is 0 Å². The number of hydrogen-bond donors (Lipinski definition) is 4. The number of anilines is 2. The molecule has 6 N–H and O–H groups in total. The third-order valence-electron chi connectivity index (χ3n) is 4.28. The van der Waals surface area contributed by atoms with Crippen LogP contribution in [-0.2, 0) is 9.59 Å². The number of carbonyl (C=O) groups excluding carboxylic acids is 2. The molecule has 2 atom stereocenters. The second kappa shape index (κ2) is 7.78. The molecule has 0 spiro atoms. The fourth-order valence-electron chi connectivity index (χ4n) is 2.88. The number of nitrogens with zero attached hydrogens (tertiary/aromatic N) is 2. The topological polar surface area (TPSA) is 138 Å². The summed E-state index contributed by atoms with van der Waals surface area (Å²) in [6, 6.07) is 1.21. The largest absolute Gasteiger partial charge is 0.405 e. The van der Waals surface area contributed by atoms with Crippen molar-refractivity contribution in [1.82, 2.24) is 9.88 Å². The van der Waals surface area contributed by atoms with E-state index in [1.165, 1.54) is 23.4 Å². The summed E-state index contributed by atoms with van der Waals surface area (Å²) < 4.78 is 0. The summed E-state index contributed by atoms with van der Waals surface area (Å²) in [5, 5.41) is 10.6. The van der Waals surface area contributed by atoms with E-state index in [2.05, 4.69) is 10.3 Å². The molecule has 1 aromatic rings. The Labute approximate surface area is 146 Å². The van der Waals surface area contributed by atoms with Gasteiger partial charge < -0.3 is 27.1 Å². The SMILES string of the molecule is Cc1cc(NC(=O)C(=O)N2C[C@@H](C)CCC2C(=N)/C=C\N)cnc1N. The van der Waals surface area contributed by atoms with Gasteiger partial charge in [0.05, 0.1) is 23.6 Å². The van der Waals surface area contributed by atoms with Crippen molar-refractivity contribution in [2.45, 2.75) is 32.7 Å². The van der Waals surface area contributed by atoms with Crippen molar-refractivity contribution < 1.29 is 9.59 Å². The highest BCUT2D eigenvalue weighted by Gasteiger charge is 2.34. The molecule has 0 bridgehead atoms. The number of aryl methyl sites for hydroxylation is 1. The zero-order valence-electron chi connectivity index (χ0n) is 14.5. The first-order chi connectivity index (χ1) is 11.8. The Morgan fingerprint density at radius 2 is 2.16 bits per heavy atom. The molecule has 0 saturated carbocycles. The Morgan fingerprint density at radius 1 is 1.44 bits per heavy atom. The standard InChI is InChI=1S/C17H24N6O2/c1-10-3-4-14(13(19)5-6-18)23(9-10)17(25)16(24)22-12-7-11(2)15(20)21-8-12/h5-8,10,14,19H,3-4,9,18H2,1-2H3,(H2,20,21)(H,22,24)/b6-5-,19-13?/t10-,14?/m0/s1. The minimum absolute atomic E-state index is 0.223. The second-order valence-electron chi connectivity index (χ2n) is 6.35. The van der Waals surface area contributed by atoms with E-state index in [0.717, 1.165) is 6.42 Å². The minimum Gasteiger partial charge on any atom is -0.405 e. The van der Waals surface area contributed by atoms with Crippen LogP contribution in [0.25, 0.3) is 0 Å². The van der Waals surface area contributed by atoms with Gasteiger partial charge >= 0.3 is 11.8 Å². The first kappa shape index (κ1) is 18.4. The van der Waals surface area contributed by atoms with Crippen LogP contribution in [0, 0.1) is 18.3 Å². The summed E-state index contributed by atoms with van der Waals surface area (Å²) in [6.45, 7) is 4.21. The van der Waals surface area contributed by atoms with Gasteiger partial charge in [-0.2, -0.15) is 0 Å². The van der Waals surface area contributed by atoms with Gasteiger partial charge in [-0.1, -0.05) is 6.92 Å². The maximum Gasteiger partial charge on any atom is 0.313 e. The molecule has 1 saturated heterocycles. The van der Waals surface area contributed by atoms with E-state index in [4.69, 9.17) is 16.9 Å². The number of rotatable bonds is 3. The molecular formula is C17H24N6O2. The van der Waals surface area contributed by atoms with Gasteiger partial charge in [0.1, 0.15) is 5.82 Å². The molecule has 1 aliphatic rings. The van der Waals surface area contributed by atoms with Crippen LogP contribution in [0.15, 0.2) is 24.5 Å². The maximum absolute atomic E-state index is 12.6. The Morgan fingerprint density at radius 3 is 2.80 bits per heavy atom.